The number of nitrogens with zero attached hydrogens (tertiary/aromatic N) is 1. The van der Waals surface area contributed by atoms with E-state index < -0.39 is 0 Å². The first-order valence-corrected chi connectivity index (χ1v) is 5.86. The predicted molar refractivity (Wildman–Crippen MR) is 67.7 cm³/mol. The van der Waals surface area contributed by atoms with Gasteiger partial charge in [-0.2, -0.15) is 0 Å². The van der Waals surface area contributed by atoms with Crippen molar-refractivity contribution in [1.29, 1.82) is 0 Å². The van der Waals surface area contributed by atoms with Crippen LogP contribution in [0.15, 0.2) is 30.3 Å². The van der Waals surface area contributed by atoms with Gasteiger partial charge in [0, 0.05) is 5.56 Å². The van der Waals surface area contributed by atoms with Crippen LogP contribution in [0.2, 0.25) is 0 Å². The summed E-state index contributed by atoms with van der Waals surface area (Å²) in [5.41, 5.74) is 0.805. The second-order valence-corrected chi connectivity index (χ2v) is 4.71. The SMILES string of the molecule is CC(C)CCN(C)CC(=O)c1ccccc1. The summed E-state index contributed by atoms with van der Waals surface area (Å²) in [4.78, 5) is 14.0. The number of carbonyl (C=O) groups excluding carboxylic acids is 1. The van der Waals surface area contributed by atoms with E-state index in [2.05, 4.69) is 18.7 Å². The second kappa shape index (κ2) is 6.44. The molecule has 0 radical (unpaired) electrons. The number of Topliss-reactive ketones (excluding diaryl/α,β-unsaturated/α-hetero) is 1. The van der Waals surface area contributed by atoms with Crippen molar-refractivity contribution in [2.24, 2.45) is 5.92 Å². The fourth-order valence-corrected chi connectivity index (χ4v) is 1.52. The Balaban J connectivity index is 2.40. The van der Waals surface area contributed by atoms with Gasteiger partial charge in [-0.25, -0.2) is 0 Å². The minimum atomic E-state index is 0.201. The molecule has 88 valence electrons. The summed E-state index contributed by atoms with van der Waals surface area (Å²) >= 11 is 0. The second-order valence-electron chi connectivity index (χ2n) is 4.71. The maximum absolute atomic E-state index is 11.9. The lowest BCUT2D eigenvalue weighted by atomic mass is 10.1. The average Bonchev–Trinajstić information content (AvgIpc) is 2.27. The lowest BCUT2D eigenvalue weighted by Gasteiger charge is -2.16. The highest BCUT2D eigenvalue weighted by Crippen LogP contribution is 2.04. The molecule has 0 bridgehead atoms. The zero-order valence-corrected chi connectivity index (χ0v) is 10.4. The van der Waals surface area contributed by atoms with E-state index in [-0.39, 0.29) is 5.78 Å². The molecule has 1 aromatic carbocycles. The molecule has 0 saturated carbocycles. The van der Waals surface area contributed by atoms with E-state index >= 15 is 0 Å². The summed E-state index contributed by atoms with van der Waals surface area (Å²) in [6.45, 7) is 5.90. The Morgan fingerprint density at radius 1 is 1.25 bits per heavy atom. The summed E-state index contributed by atoms with van der Waals surface area (Å²) in [6.07, 6.45) is 1.14. The van der Waals surface area contributed by atoms with Crippen molar-refractivity contribution in [1.82, 2.24) is 4.90 Å². The molecule has 0 aliphatic heterocycles. The molecule has 2 heteroatoms. The number of hydrogen-bond donors (Lipinski definition) is 0. The molecule has 0 N–H and O–H groups in total. The van der Waals surface area contributed by atoms with Crippen LogP contribution in [0, 0.1) is 5.92 Å². The summed E-state index contributed by atoms with van der Waals surface area (Å²) in [5.74, 6) is 0.890. The van der Waals surface area contributed by atoms with E-state index in [1.807, 2.05) is 37.4 Å². The molecule has 0 fully saturated rings. The lowest BCUT2D eigenvalue weighted by Crippen LogP contribution is -2.27. The first-order valence-electron chi connectivity index (χ1n) is 5.86. The first-order chi connectivity index (χ1) is 7.59. The van der Waals surface area contributed by atoms with Gasteiger partial charge in [-0.1, -0.05) is 44.2 Å². The van der Waals surface area contributed by atoms with Crippen molar-refractivity contribution in [3.8, 4) is 0 Å². The van der Waals surface area contributed by atoms with Crippen LogP contribution in [0.4, 0.5) is 0 Å². The molecule has 2 nitrogen and oxygen atoms in total. The van der Waals surface area contributed by atoms with E-state index in [1.165, 1.54) is 0 Å². The molecule has 1 aromatic rings. The van der Waals surface area contributed by atoms with E-state index in [1.54, 1.807) is 0 Å². The van der Waals surface area contributed by atoms with Crippen LogP contribution in [0.1, 0.15) is 30.6 Å². The minimum absolute atomic E-state index is 0.201. The Morgan fingerprint density at radius 3 is 2.44 bits per heavy atom. The topological polar surface area (TPSA) is 20.3 Å². The molecule has 0 saturated heterocycles. The van der Waals surface area contributed by atoms with E-state index in [0.717, 1.165) is 18.5 Å². The lowest BCUT2D eigenvalue weighted by molar-refractivity contribution is 0.0944. The third-order valence-electron chi connectivity index (χ3n) is 2.60. The van der Waals surface area contributed by atoms with Gasteiger partial charge in [-0.15, -0.1) is 0 Å². The van der Waals surface area contributed by atoms with Gasteiger partial charge in [0.05, 0.1) is 6.54 Å². The Labute approximate surface area is 98.3 Å². The molecule has 0 spiro atoms. The van der Waals surface area contributed by atoms with Gasteiger partial charge < -0.3 is 0 Å². The average molecular weight is 219 g/mol. The Bertz CT molecular complexity index is 319. The quantitative estimate of drug-likeness (QED) is 0.686. The zero-order chi connectivity index (χ0) is 12.0. The summed E-state index contributed by atoms with van der Waals surface area (Å²) in [5, 5.41) is 0. The number of likely N-dealkylation sites (N-methyl/N-ethyl adjacent to an activating group) is 1. The highest BCUT2D eigenvalue weighted by atomic mass is 16.1. The van der Waals surface area contributed by atoms with Gasteiger partial charge in [-0.3, -0.25) is 9.69 Å². The Hall–Kier alpha value is -1.15. The van der Waals surface area contributed by atoms with Crippen molar-refractivity contribution >= 4 is 5.78 Å². The number of ketones is 1. The first kappa shape index (κ1) is 12.9. The number of hydrogen-bond acceptors (Lipinski definition) is 2. The third-order valence-corrected chi connectivity index (χ3v) is 2.60. The summed E-state index contributed by atoms with van der Waals surface area (Å²) < 4.78 is 0. The number of benzene rings is 1. The molecule has 1 rings (SSSR count). The van der Waals surface area contributed by atoms with Crippen molar-refractivity contribution in [3.05, 3.63) is 35.9 Å². The third kappa shape index (κ3) is 4.58. The van der Waals surface area contributed by atoms with Crippen LogP contribution < -0.4 is 0 Å². The van der Waals surface area contributed by atoms with Gasteiger partial charge in [-0.05, 0) is 25.9 Å². The predicted octanol–water partition coefficient (Wildman–Crippen LogP) is 2.85. The highest BCUT2D eigenvalue weighted by molar-refractivity contribution is 5.97. The van der Waals surface area contributed by atoms with Gasteiger partial charge in [0.25, 0.3) is 0 Å². The van der Waals surface area contributed by atoms with Crippen LogP contribution in [0.25, 0.3) is 0 Å². The number of carbonyl (C=O) groups is 1. The molecule has 16 heavy (non-hydrogen) atoms. The molecular formula is C14H21NO. The molecule has 0 heterocycles. The highest BCUT2D eigenvalue weighted by Gasteiger charge is 2.08. The fourth-order valence-electron chi connectivity index (χ4n) is 1.52. The summed E-state index contributed by atoms with van der Waals surface area (Å²) in [7, 11) is 2.00. The van der Waals surface area contributed by atoms with Gasteiger partial charge in [0.2, 0.25) is 0 Å². The van der Waals surface area contributed by atoms with Gasteiger partial charge in [0.15, 0.2) is 5.78 Å². The van der Waals surface area contributed by atoms with Gasteiger partial charge >= 0.3 is 0 Å². The Morgan fingerprint density at radius 2 is 1.88 bits per heavy atom. The van der Waals surface area contributed by atoms with Crippen molar-refractivity contribution in [2.75, 3.05) is 20.1 Å². The molecule has 0 atom stereocenters. The fraction of sp³-hybridized carbons (Fsp3) is 0.500. The maximum Gasteiger partial charge on any atom is 0.176 e. The van der Waals surface area contributed by atoms with Gasteiger partial charge in [0.1, 0.15) is 0 Å². The zero-order valence-electron chi connectivity index (χ0n) is 10.4. The molecule has 0 aromatic heterocycles. The van der Waals surface area contributed by atoms with Crippen LogP contribution >= 0.6 is 0 Å². The minimum Gasteiger partial charge on any atom is -0.299 e. The monoisotopic (exact) mass is 219 g/mol. The van der Waals surface area contributed by atoms with E-state index in [4.69, 9.17) is 0 Å². The smallest absolute Gasteiger partial charge is 0.176 e. The van der Waals surface area contributed by atoms with Crippen molar-refractivity contribution < 1.29 is 4.79 Å². The van der Waals surface area contributed by atoms with Crippen LogP contribution in [-0.4, -0.2) is 30.8 Å². The standard InChI is InChI=1S/C14H21NO/c1-12(2)9-10-15(3)11-14(16)13-7-5-4-6-8-13/h4-8,12H,9-11H2,1-3H3. The molecule has 0 aliphatic carbocycles. The van der Waals surface area contributed by atoms with Crippen molar-refractivity contribution in [3.63, 3.8) is 0 Å². The van der Waals surface area contributed by atoms with Crippen molar-refractivity contribution in [2.45, 2.75) is 20.3 Å². The Kier molecular flexibility index (Phi) is 5.20. The van der Waals surface area contributed by atoms with E-state index in [0.29, 0.717) is 12.5 Å². The maximum atomic E-state index is 11.9. The number of rotatable bonds is 6. The van der Waals surface area contributed by atoms with Crippen LogP contribution in [-0.2, 0) is 0 Å². The molecule has 0 aliphatic rings. The van der Waals surface area contributed by atoms with Crippen LogP contribution in [0.3, 0.4) is 0 Å². The largest absolute Gasteiger partial charge is 0.299 e. The normalized spacial score (nSPS) is 11.1. The molecule has 0 unspecified atom stereocenters. The molecule has 0 amide bonds. The van der Waals surface area contributed by atoms with Crippen LogP contribution in [0.5, 0.6) is 0 Å². The van der Waals surface area contributed by atoms with E-state index in [9.17, 15) is 4.79 Å². The molecular weight excluding hydrogens is 198 g/mol. The summed E-state index contributed by atoms with van der Waals surface area (Å²) in [6, 6.07) is 9.49.